The maximum atomic E-state index is 11.4. The number of carbonyl (C=O) groups is 1. The molecule has 0 aliphatic carbocycles. The Morgan fingerprint density at radius 1 is 0.810 bits per heavy atom. The first kappa shape index (κ1) is 20.4. The minimum Gasteiger partial charge on any atom is -0.464 e. The molecule has 126 valence electrons. The summed E-state index contributed by atoms with van der Waals surface area (Å²) in [6.45, 7) is 4.73. The zero-order chi connectivity index (χ0) is 15.8. The molecule has 3 nitrogen and oxygen atoms in total. The maximum absolute atomic E-state index is 11.4. The fourth-order valence-corrected chi connectivity index (χ4v) is 2.36. The summed E-state index contributed by atoms with van der Waals surface area (Å²) >= 11 is 0. The summed E-state index contributed by atoms with van der Waals surface area (Å²) in [4.78, 5) is 11.4. The Labute approximate surface area is 131 Å². The summed E-state index contributed by atoms with van der Waals surface area (Å²) < 4.78 is 5.00. The van der Waals surface area contributed by atoms with Crippen LogP contribution >= 0.6 is 0 Å². The minimum atomic E-state index is -0.920. The molecule has 0 saturated carbocycles. The smallest absolute Gasteiger partial charge is 0.334 e. The van der Waals surface area contributed by atoms with Crippen molar-refractivity contribution in [3.63, 3.8) is 0 Å². The highest BCUT2D eigenvalue weighted by molar-refractivity contribution is 5.74. The Bertz CT molecular complexity index is 229. The lowest BCUT2D eigenvalue weighted by molar-refractivity contribution is -0.154. The van der Waals surface area contributed by atoms with Crippen molar-refractivity contribution in [3.8, 4) is 0 Å². The number of hydrogen-bond donors (Lipinski definition) is 1. The Balaban J connectivity index is 3.28. The molecule has 0 rings (SSSR count). The third-order valence-electron chi connectivity index (χ3n) is 3.85. The van der Waals surface area contributed by atoms with Crippen molar-refractivity contribution in [2.45, 2.75) is 103 Å². The Morgan fingerprint density at radius 3 is 1.81 bits per heavy atom. The summed E-state index contributed by atoms with van der Waals surface area (Å²) in [6, 6.07) is 0. The first-order valence-electron chi connectivity index (χ1n) is 9.07. The van der Waals surface area contributed by atoms with Crippen molar-refractivity contribution in [1.29, 1.82) is 0 Å². The van der Waals surface area contributed by atoms with Gasteiger partial charge in [0.2, 0.25) is 0 Å². The lowest BCUT2D eigenvalue weighted by Gasteiger charge is -2.10. The van der Waals surface area contributed by atoms with Gasteiger partial charge < -0.3 is 9.84 Å². The van der Waals surface area contributed by atoms with E-state index in [-0.39, 0.29) is 0 Å². The van der Waals surface area contributed by atoms with Crippen LogP contribution in [0.25, 0.3) is 0 Å². The van der Waals surface area contributed by atoms with Gasteiger partial charge in [0.25, 0.3) is 0 Å². The summed E-state index contributed by atoms with van der Waals surface area (Å²) in [6.07, 6.45) is 14.1. The van der Waals surface area contributed by atoms with E-state index in [1.54, 1.807) is 0 Å². The Morgan fingerprint density at radius 2 is 1.29 bits per heavy atom. The average Bonchev–Trinajstić information content (AvgIpc) is 2.49. The van der Waals surface area contributed by atoms with Crippen LogP contribution in [0.3, 0.4) is 0 Å². The molecule has 1 N–H and O–H groups in total. The van der Waals surface area contributed by atoms with Crippen LogP contribution in [0.15, 0.2) is 0 Å². The highest BCUT2D eigenvalue weighted by Gasteiger charge is 2.15. The quantitative estimate of drug-likeness (QED) is 0.342. The molecule has 0 fully saturated rings. The number of hydrogen-bond acceptors (Lipinski definition) is 3. The summed E-state index contributed by atoms with van der Waals surface area (Å²) in [5.74, 6) is -0.445. The molecule has 0 saturated heterocycles. The molecule has 3 heteroatoms. The van der Waals surface area contributed by atoms with E-state index in [9.17, 15) is 9.90 Å². The first-order valence-corrected chi connectivity index (χ1v) is 9.07. The molecule has 0 heterocycles. The van der Waals surface area contributed by atoms with Crippen LogP contribution < -0.4 is 0 Å². The van der Waals surface area contributed by atoms with E-state index in [1.807, 2.05) is 6.92 Å². The van der Waals surface area contributed by atoms with Gasteiger partial charge in [-0.3, -0.25) is 0 Å². The molecule has 0 amide bonds. The van der Waals surface area contributed by atoms with Crippen LogP contribution in [0.2, 0.25) is 0 Å². The van der Waals surface area contributed by atoms with E-state index in [4.69, 9.17) is 4.74 Å². The van der Waals surface area contributed by atoms with Gasteiger partial charge in [-0.1, -0.05) is 84.5 Å². The lowest BCUT2D eigenvalue weighted by atomic mass is 10.0. The van der Waals surface area contributed by atoms with Crippen LogP contribution in [0.4, 0.5) is 0 Å². The molecule has 0 aliphatic heterocycles. The molecule has 1 unspecified atom stereocenters. The molecule has 0 aromatic carbocycles. The second-order valence-corrected chi connectivity index (χ2v) is 6.01. The second-order valence-electron chi connectivity index (χ2n) is 6.01. The predicted octanol–water partition coefficient (Wildman–Crippen LogP) is 5.00. The van der Waals surface area contributed by atoms with E-state index >= 15 is 0 Å². The van der Waals surface area contributed by atoms with Crippen molar-refractivity contribution in [1.82, 2.24) is 0 Å². The predicted molar refractivity (Wildman–Crippen MR) is 88.3 cm³/mol. The number of aliphatic hydroxyl groups is 1. The maximum Gasteiger partial charge on any atom is 0.334 e. The molecule has 1 atom stereocenters. The molecule has 0 bridgehead atoms. The molecule has 0 aromatic rings. The standard InChI is InChI=1S/C18H36O3/c1-3-5-7-8-9-10-11-12-13-14-15-17(19)18(20)21-16-6-4-2/h17,19H,3-16H2,1-2H3. The van der Waals surface area contributed by atoms with Crippen molar-refractivity contribution >= 4 is 5.97 Å². The number of unbranched alkanes of at least 4 members (excludes halogenated alkanes) is 10. The van der Waals surface area contributed by atoms with E-state index in [2.05, 4.69) is 6.92 Å². The second kappa shape index (κ2) is 15.8. The van der Waals surface area contributed by atoms with Crippen LogP contribution in [0.1, 0.15) is 97.3 Å². The number of aliphatic hydroxyl groups excluding tert-OH is 1. The van der Waals surface area contributed by atoms with Gasteiger partial charge in [0.05, 0.1) is 6.61 Å². The van der Waals surface area contributed by atoms with Gasteiger partial charge in [0.15, 0.2) is 6.10 Å². The SMILES string of the molecule is CCCCCCCCCCCCC(O)C(=O)OCCCC. The molecule has 0 aromatic heterocycles. The molecular formula is C18H36O3. The fraction of sp³-hybridized carbons (Fsp3) is 0.944. The highest BCUT2D eigenvalue weighted by Crippen LogP contribution is 2.12. The van der Waals surface area contributed by atoms with Gasteiger partial charge in [0.1, 0.15) is 0 Å². The fourth-order valence-electron chi connectivity index (χ4n) is 2.36. The van der Waals surface area contributed by atoms with Gasteiger partial charge >= 0.3 is 5.97 Å². The molecular weight excluding hydrogens is 264 g/mol. The van der Waals surface area contributed by atoms with Gasteiger partial charge in [-0.05, 0) is 12.8 Å². The third-order valence-corrected chi connectivity index (χ3v) is 3.85. The summed E-state index contributed by atoms with van der Waals surface area (Å²) in [7, 11) is 0. The van der Waals surface area contributed by atoms with Crippen LogP contribution in [0, 0.1) is 0 Å². The largest absolute Gasteiger partial charge is 0.464 e. The van der Waals surface area contributed by atoms with E-state index in [0.717, 1.165) is 25.7 Å². The van der Waals surface area contributed by atoms with Crippen molar-refractivity contribution in [3.05, 3.63) is 0 Å². The van der Waals surface area contributed by atoms with Gasteiger partial charge in [-0.25, -0.2) is 4.79 Å². The number of esters is 1. The number of ether oxygens (including phenoxy) is 1. The number of carbonyl (C=O) groups excluding carboxylic acids is 1. The van der Waals surface area contributed by atoms with Crippen LogP contribution in [0.5, 0.6) is 0 Å². The zero-order valence-corrected chi connectivity index (χ0v) is 14.2. The normalized spacial score (nSPS) is 12.3. The highest BCUT2D eigenvalue weighted by atomic mass is 16.5. The van der Waals surface area contributed by atoms with E-state index in [0.29, 0.717) is 13.0 Å². The summed E-state index contributed by atoms with van der Waals surface area (Å²) in [5, 5.41) is 9.67. The molecule has 0 spiro atoms. The van der Waals surface area contributed by atoms with E-state index < -0.39 is 12.1 Å². The van der Waals surface area contributed by atoms with Crippen molar-refractivity contribution in [2.24, 2.45) is 0 Å². The lowest BCUT2D eigenvalue weighted by Crippen LogP contribution is -2.23. The monoisotopic (exact) mass is 300 g/mol. The van der Waals surface area contributed by atoms with E-state index in [1.165, 1.54) is 51.4 Å². The molecule has 0 radical (unpaired) electrons. The zero-order valence-electron chi connectivity index (χ0n) is 14.2. The first-order chi connectivity index (χ1) is 10.2. The van der Waals surface area contributed by atoms with Crippen molar-refractivity contribution in [2.75, 3.05) is 6.61 Å². The van der Waals surface area contributed by atoms with Gasteiger partial charge in [0, 0.05) is 0 Å². The number of rotatable bonds is 15. The molecule has 0 aliphatic rings. The Kier molecular flexibility index (Phi) is 15.4. The minimum absolute atomic E-state index is 0.435. The van der Waals surface area contributed by atoms with Crippen molar-refractivity contribution < 1.29 is 14.6 Å². The summed E-state index contributed by atoms with van der Waals surface area (Å²) in [5.41, 5.74) is 0. The molecule has 21 heavy (non-hydrogen) atoms. The van der Waals surface area contributed by atoms with Gasteiger partial charge in [-0.15, -0.1) is 0 Å². The van der Waals surface area contributed by atoms with Gasteiger partial charge in [-0.2, -0.15) is 0 Å². The van der Waals surface area contributed by atoms with Crippen LogP contribution in [-0.2, 0) is 9.53 Å². The van der Waals surface area contributed by atoms with Crippen LogP contribution in [-0.4, -0.2) is 23.8 Å². The third kappa shape index (κ3) is 14.1. The average molecular weight is 300 g/mol. The Hall–Kier alpha value is -0.570. The topological polar surface area (TPSA) is 46.5 Å².